The number of fused-ring (bicyclic) bond motifs is 1. The van der Waals surface area contributed by atoms with E-state index in [0.717, 1.165) is 29.8 Å². The monoisotopic (exact) mass is 378 g/mol. The van der Waals surface area contributed by atoms with Crippen molar-refractivity contribution in [2.45, 2.75) is 37.3 Å². The first-order valence-electron chi connectivity index (χ1n) is 9.86. The van der Waals surface area contributed by atoms with E-state index in [4.69, 9.17) is 0 Å². The molecule has 1 atom stereocenters. The SMILES string of the molecule is CN1CCC(C(=O)N2Cc3ccccc3C[C@@H]2C(=O)O)(c2ccccc2)CC1. The summed E-state index contributed by atoms with van der Waals surface area (Å²) in [7, 11) is 2.07. The summed E-state index contributed by atoms with van der Waals surface area (Å²) in [6, 6.07) is 16.9. The number of hydrogen-bond acceptors (Lipinski definition) is 3. The lowest BCUT2D eigenvalue weighted by atomic mass is 9.71. The first kappa shape index (κ1) is 18.7. The van der Waals surface area contributed by atoms with Crippen LogP contribution < -0.4 is 0 Å². The molecule has 0 spiro atoms. The van der Waals surface area contributed by atoms with Crippen LogP contribution in [0.4, 0.5) is 0 Å². The maximum absolute atomic E-state index is 14.0. The number of aliphatic carboxylic acids is 1. The zero-order valence-electron chi connectivity index (χ0n) is 16.2. The van der Waals surface area contributed by atoms with Gasteiger partial charge in [0.05, 0.1) is 5.41 Å². The summed E-state index contributed by atoms with van der Waals surface area (Å²) in [5.41, 5.74) is 2.41. The average Bonchev–Trinajstić information content (AvgIpc) is 2.73. The minimum Gasteiger partial charge on any atom is -0.480 e. The molecule has 4 rings (SSSR count). The van der Waals surface area contributed by atoms with Crippen LogP contribution >= 0.6 is 0 Å². The average molecular weight is 378 g/mol. The van der Waals surface area contributed by atoms with Gasteiger partial charge in [-0.3, -0.25) is 4.79 Å². The fourth-order valence-electron chi connectivity index (χ4n) is 4.62. The van der Waals surface area contributed by atoms with Gasteiger partial charge < -0.3 is 14.9 Å². The van der Waals surface area contributed by atoms with Gasteiger partial charge in [0.1, 0.15) is 6.04 Å². The number of rotatable bonds is 3. The van der Waals surface area contributed by atoms with Gasteiger partial charge in [-0.25, -0.2) is 4.79 Å². The molecule has 28 heavy (non-hydrogen) atoms. The van der Waals surface area contributed by atoms with Gasteiger partial charge in [0.25, 0.3) is 0 Å². The lowest BCUT2D eigenvalue weighted by Gasteiger charge is -2.45. The highest BCUT2D eigenvalue weighted by atomic mass is 16.4. The van der Waals surface area contributed by atoms with Crippen molar-refractivity contribution in [3.8, 4) is 0 Å². The Bertz CT molecular complexity index is 872. The molecule has 2 aromatic carbocycles. The van der Waals surface area contributed by atoms with E-state index >= 15 is 0 Å². The zero-order valence-corrected chi connectivity index (χ0v) is 16.2. The van der Waals surface area contributed by atoms with Gasteiger partial charge in [0.15, 0.2) is 0 Å². The number of nitrogens with zero attached hydrogens (tertiary/aromatic N) is 2. The first-order chi connectivity index (χ1) is 13.5. The summed E-state index contributed by atoms with van der Waals surface area (Å²) in [5, 5.41) is 9.88. The number of carbonyl (C=O) groups is 2. The first-order valence-corrected chi connectivity index (χ1v) is 9.86. The molecule has 1 saturated heterocycles. The van der Waals surface area contributed by atoms with E-state index in [9.17, 15) is 14.7 Å². The normalized spacial score (nSPS) is 21.8. The smallest absolute Gasteiger partial charge is 0.326 e. The Balaban J connectivity index is 1.74. The van der Waals surface area contributed by atoms with E-state index in [2.05, 4.69) is 11.9 Å². The maximum atomic E-state index is 14.0. The van der Waals surface area contributed by atoms with E-state index in [1.807, 2.05) is 54.6 Å². The fraction of sp³-hybridized carbons (Fsp3) is 0.391. The predicted octanol–water partition coefficient (Wildman–Crippen LogP) is 2.69. The van der Waals surface area contributed by atoms with E-state index in [-0.39, 0.29) is 5.91 Å². The van der Waals surface area contributed by atoms with Crippen molar-refractivity contribution in [1.82, 2.24) is 9.80 Å². The molecule has 0 unspecified atom stereocenters. The molecule has 1 N–H and O–H groups in total. The number of amides is 1. The molecular weight excluding hydrogens is 352 g/mol. The van der Waals surface area contributed by atoms with Gasteiger partial charge in [0, 0.05) is 13.0 Å². The Hall–Kier alpha value is -2.66. The Morgan fingerprint density at radius 2 is 1.57 bits per heavy atom. The summed E-state index contributed by atoms with van der Waals surface area (Å²) in [5.74, 6) is -0.979. The molecule has 2 aromatic rings. The van der Waals surface area contributed by atoms with Crippen molar-refractivity contribution in [1.29, 1.82) is 0 Å². The Kier molecular flexibility index (Phi) is 4.94. The van der Waals surface area contributed by atoms with E-state index in [1.54, 1.807) is 4.90 Å². The minimum atomic E-state index is -0.931. The van der Waals surface area contributed by atoms with Crippen LogP contribution in [0.5, 0.6) is 0 Å². The second-order valence-corrected chi connectivity index (χ2v) is 8.01. The largest absolute Gasteiger partial charge is 0.480 e. The molecule has 5 nitrogen and oxygen atoms in total. The van der Waals surface area contributed by atoms with Crippen LogP contribution in [-0.4, -0.2) is 53.0 Å². The summed E-state index contributed by atoms with van der Waals surface area (Å²) in [4.78, 5) is 29.8. The molecule has 0 bridgehead atoms. The molecule has 2 heterocycles. The number of hydrogen-bond donors (Lipinski definition) is 1. The highest BCUT2D eigenvalue weighted by Gasteiger charge is 2.48. The van der Waals surface area contributed by atoms with Crippen LogP contribution in [0, 0.1) is 0 Å². The number of carbonyl (C=O) groups excluding carboxylic acids is 1. The third-order valence-electron chi connectivity index (χ3n) is 6.37. The topological polar surface area (TPSA) is 60.9 Å². The Labute approximate surface area is 165 Å². The Morgan fingerprint density at radius 1 is 0.964 bits per heavy atom. The number of carboxylic acids is 1. The summed E-state index contributed by atoms with van der Waals surface area (Å²) in [6.07, 6.45) is 1.77. The molecule has 0 aromatic heterocycles. The van der Waals surface area contributed by atoms with Gasteiger partial charge in [0.2, 0.25) is 5.91 Å². The molecule has 0 saturated carbocycles. The highest BCUT2D eigenvalue weighted by Crippen LogP contribution is 2.39. The van der Waals surface area contributed by atoms with Crippen molar-refractivity contribution in [3.05, 3.63) is 71.3 Å². The third kappa shape index (κ3) is 3.20. The maximum Gasteiger partial charge on any atom is 0.326 e. The van der Waals surface area contributed by atoms with Crippen molar-refractivity contribution >= 4 is 11.9 Å². The second kappa shape index (κ2) is 7.40. The second-order valence-electron chi connectivity index (χ2n) is 8.01. The summed E-state index contributed by atoms with van der Waals surface area (Å²) >= 11 is 0. The third-order valence-corrected chi connectivity index (χ3v) is 6.37. The van der Waals surface area contributed by atoms with Crippen LogP contribution in [0.1, 0.15) is 29.5 Å². The number of carboxylic acid groups (broad SMARTS) is 1. The van der Waals surface area contributed by atoms with Crippen LogP contribution in [0.3, 0.4) is 0 Å². The van der Waals surface area contributed by atoms with Crippen molar-refractivity contribution < 1.29 is 14.7 Å². The standard InChI is InChI=1S/C23H26N2O3/c1-24-13-11-23(12-14-24,19-9-3-2-4-10-19)22(28)25-16-18-8-6-5-7-17(18)15-20(25)21(26)27/h2-10,20H,11-16H2,1H3,(H,26,27)/t20-/m1/s1. The summed E-state index contributed by atoms with van der Waals surface area (Å²) < 4.78 is 0. The molecular formula is C23H26N2O3. The van der Waals surface area contributed by atoms with Gasteiger partial charge in [-0.15, -0.1) is 0 Å². The van der Waals surface area contributed by atoms with Gasteiger partial charge >= 0.3 is 5.97 Å². The lowest BCUT2D eigenvalue weighted by molar-refractivity contribution is -0.155. The van der Waals surface area contributed by atoms with Gasteiger partial charge in [-0.1, -0.05) is 54.6 Å². The number of likely N-dealkylation sites (tertiary alicyclic amines) is 1. The van der Waals surface area contributed by atoms with Crippen molar-refractivity contribution in [2.75, 3.05) is 20.1 Å². The number of piperidine rings is 1. The molecule has 5 heteroatoms. The predicted molar refractivity (Wildman–Crippen MR) is 107 cm³/mol. The molecule has 0 radical (unpaired) electrons. The van der Waals surface area contributed by atoms with Crippen LogP contribution in [-0.2, 0) is 28.0 Å². The van der Waals surface area contributed by atoms with Crippen molar-refractivity contribution in [3.63, 3.8) is 0 Å². The van der Waals surface area contributed by atoms with Crippen LogP contribution in [0.15, 0.2) is 54.6 Å². The van der Waals surface area contributed by atoms with E-state index < -0.39 is 17.4 Å². The lowest BCUT2D eigenvalue weighted by Crippen LogP contribution is -2.57. The minimum absolute atomic E-state index is 0.0475. The van der Waals surface area contributed by atoms with Crippen LogP contribution in [0.25, 0.3) is 0 Å². The molecule has 0 aliphatic carbocycles. The van der Waals surface area contributed by atoms with E-state index in [1.165, 1.54) is 0 Å². The molecule has 2 aliphatic rings. The molecule has 1 fully saturated rings. The molecule has 1 amide bonds. The number of benzene rings is 2. The quantitative estimate of drug-likeness (QED) is 0.892. The van der Waals surface area contributed by atoms with Crippen LogP contribution in [0.2, 0.25) is 0 Å². The zero-order chi connectivity index (χ0) is 19.7. The highest BCUT2D eigenvalue weighted by molar-refractivity contribution is 5.92. The Morgan fingerprint density at radius 3 is 2.21 bits per heavy atom. The fourth-order valence-corrected chi connectivity index (χ4v) is 4.62. The van der Waals surface area contributed by atoms with E-state index in [0.29, 0.717) is 25.8 Å². The van der Waals surface area contributed by atoms with Gasteiger partial charge in [-0.2, -0.15) is 0 Å². The molecule has 146 valence electrons. The molecule has 2 aliphatic heterocycles. The van der Waals surface area contributed by atoms with Crippen molar-refractivity contribution in [2.24, 2.45) is 0 Å². The summed E-state index contributed by atoms with van der Waals surface area (Å²) in [6.45, 7) is 2.00. The van der Waals surface area contributed by atoms with Gasteiger partial charge in [-0.05, 0) is 49.7 Å².